The molecule has 0 fully saturated rings. The van der Waals surface area contributed by atoms with Gasteiger partial charge in [0, 0.05) is 5.56 Å². The molecule has 1 aliphatic rings. The van der Waals surface area contributed by atoms with Gasteiger partial charge in [0.25, 0.3) is 0 Å². The number of phenolic OH excluding ortho intramolecular Hbond substituents is 2. The van der Waals surface area contributed by atoms with Crippen molar-refractivity contribution in [2.75, 3.05) is 0 Å². The van der Waals surface area contributed by atoms with E-state index in [0.29, 0.717) is 24.5 Å². The van der Waals surface area contributed by atoms with E-state index in [1.807, 2.05) is 0 Å². The molecule has 0 aliphatic carbocycles. The van der Waals surface area contributed by atoms with Gasteiger partial charge in [-0.1, -0.05) is 23.5 Å². The molecule has 1 aromatic carbocycles. The Hall–Kier alpha value is -1.41. The summed E-state index contributed by atoms with van der Waals surface area (Å²) in [5, 5.41) is 37.6. The quantitative estimate of drug-likeness (QED) is 0.387. The maximum atomic E-state index is 9.99. The molecule has 0 saturated heterocycles. The zero-order chi connectivity index (χ0) is 13.4. The van der Waals surface area contributed by atoms with Crippen LogP contribution in [0.4, 0.5) is 0 Å². The minimum absolute atomic E-state index is 0.0236. The van der Waals surface area contributed by atoms with Gasteiger partial charge in [-0.05, 0) is 6.92 Å². The summed E-state index contributed by atoms with van der Waals surface area (Å²) in [7, 11) is 0. The molecule has 1 heterocycles. The van der Waals surface area contributed by atoms with E-state index in [1.165, 1.54) is 0 Å². The van der Waals surface area contributed by atoms with Crippen molar-refractivity contribution in [3.63, 3.8) is 0 Å². The highest BCUT2D eigenvalue weighted by atomic mass is 32.2. The summed E-state index contributed by atoms with van der Waals surface area (Å²) >= 11 is 6.33. The second kappa shape index (κ2) is 4.69. The van der Waals surface area contributed by atoms with Crippen LogP contribution in [0, 0.1) is 29.6 Å². The molecule has 1 aromatic rings. The molecule has 1 aliphatic heterocycles. The van der Waals surface area contributed by atoms with Gasteiger partial charge in [0.05, 0.1) is 18.9 Å². The number of hydrogen-bond donors (Lipinski definition) is 3. The minimum atomic E-state index is -0.0358. The van der Waals surface area contributed by atoms with Gasteiger partial charge in [-0.25, -0.2) is 0 Å². The van der Waals surface area contributed by atoms with E-state index in [4.69, 9.17) is 10.5 Å². The Kier molecular flexibility index (Phi) is 3.40. The van der Waals surface area contributed by atoms with Crippen molar-refractivity contribution in [3.8, 4) is 23.6 Å². The highest BCUT2D eigenvalue weighted by Gasteiger charge is 2.30. The average Bonchev–Trinajstić information content (AvgIpc) is 2.80. The topological polar surface area (TPSA) is 88.0 Å². The summed E-state index contributed by atoms with van der Waals surface area (Å²) in [6.07, 6.45) is 0. The Balaban J connectivity index is 2.66. The first-order valence-corrected chi connectivity index (χ1v) is 6.76. The van der Waals surface area contributed by atoms with Crippen molar-refractivity contribution >= 4 is 36.2 Å². The van der Waals surface area contributed by atoms with Crippen molar-refractivity contribution in [1.29, 1.82) is 10.5 Å². The Morgan fingerprint density at radius 3 is 2.11 bits per heavy atom. The van der Waals surface area contributed by atoms with Gasteiger partial charge in [-0.2, -0.15) is 10.5 Å². The van der Waals surface area contributed by atoms with Gasteiger partial charge in [0.15, 0.2) is 0 Å². The lowest BCUT2D eigenvalue weighted by Crippen LogP contribution is -1.84. The van der Waals surface area contributed by atoms with Crippen LogP contribution in [0.15, 0.2) is 24.5 Å². The maximum Gasteiger partial charge on any atom is 0.150 e. The van der Waals surface area contributed by atoms with E-state index in [0.717, 1.165) is 23.5 Å². The van der Waals surface area contributed by atoms with Gasteiger partial charge in [0.1, 0.15) is 29.2 Å². The molecule has 0 saturated carbocycles. The Bertz CT molecular complexity index is 614. The lowest BCUT2D eigenvalue weighted by Gasteiger charge is -2.09. The number of phenols is 2. The van der Waals surface area contributed by atoms with Gasteiger partial charge in [-0.15, -0.1) is 12.6 Å². The summed E-state index contributed by atoms with van der Waals surface area (Å²) in [5.74, 6) is -0.0121. The van der Waals surface area contributed by atoms with Gasteiger partial charge < -0.3 is 10.2 Å². The zero-order valence-electron chi connectivity index (χ0n) is 9.05. The van der Waals surface area contributed by atoms with Gasteiger partial charge in [0.2, 0.25) is 0 Å². The molecule has 18 heavy (non-hydrogen) atoms. The van der Waals surface area contributed by atoms with Gasteiger partial charge in [-0.3, -0.25) is 0 Å². The van der Waals surface area contributed by atoms with Crippen molar-refractivity contribution in [2.24, 2.45) is 0 Å². The fourth-order valence-corrected chi connectivity index (χ4v) is 4.19. The molecule has 7 heteroatoms. The van der Waals surface area contributed by atoms with Crippen LogP contribution >= 0.6 is 36.2 Å². The van der Waals surface area contributed by atoms with Crippen molar-refractivity contribution in [2.45, 2.75) is 21.6 Å². The standard InChI is InChI=1S/C11H6N2O2S3/c1-4-6(14)9-10(7(15)8(4)16)18-11(17-9)5(2-12)3-13/h14-16H,1H3. The summed E-state index contributed by atoms with van der Waals surface area (Å²) in [5.41, 5.74) is 0.442. The number of aromatic hydroxyl groups is 2. The first-order chi connectivity index (χ1) is 8.51. The second-order valence-electron chi connectivity index (χ2n) is 3.42. The number of nitrogens with zero attached hydrogens (tertiary/aromatic N) is 2. The third-order valence-corrected chi connectivity index (χ3v) is 5.55. The smallest absolute Gasteiger partial charge is 0.150 e. The number of thiol groups is 1. The third-order valence-electron chi connectivity index (χ3n) is 2.39. The number of nitriles is 2. The third kappa shape index (κ3) is 1.81. The number of allylic oxidation sites excluding steroid dienone is 1. The summed E-state index contributed by atoms with van der Waals surface area (Å²) in [6.45, 7) is 1.64. The average molecular weight is 294 g/mol. The number of thioether (sulfide) groups is 2. The fourth-order valence-electron chi connectivity index (χ4n) is 1.40. The lowest BCUT2D eigenvalue weighted by molar-refractivity contribution is 0.420. The number of rotatable bonds is 0. The molecule has 0 spiro atoms. The molecular formula is C11H6N2O2S3. The van der Waals surface area contributed by atoms with Crippen LogP contribution in [-0.4, -0.2) is 10.2 Å². The van der Waals surface area contributed by atoms with Crippen LogP contribution in [-0.2, 0) is 0 Å². The summed E-state index contributed by atoms with van der Waals surface area (Å²) < 4.78 is 0.457. The summed E-state index contributed by atoms with van der Waals surface area (Å²) in [4.78, 5) is 1.20. The first kappa shape index (κ1) is 13.0. The monoisotopic (exact) mass is 294 g/mol. The van der Waals surface area contributed by atoms with Crippen LogP contribution in [0.1, 0.15) is 5.56 Å². The number of benzene rings is 1. The zero-order valence-corrected chi connectivity index (χ0v) is 11.6. The molecule has 0 bridgehead atoms. The molecule has 0 unspecified atom stereocenters. The number of hydrogen-bond acceptors (Lipinski definition) is 7. The Morgan fingerprint density at radius 1 is 1.11 bits per heavy atom. The highest BCUT2D eigenvalue weighted by Crippen LogP contribution is 2.60. The minimum Gasteiger partial charge on any atom is -0.506 e. The predicted molar refractivity (Wildman–Crippen MR) is 71.7 cm³/mol. The first-order valence-electron chi connectivity index (χ1n) is 4.68. The lowest BCUT2D eigenvalue weighted by atomic mass is 10.2. The molecule has 0 radical (unpaired) electrons. The largest absolute Gasteiger partial charge is 0.506 e. The molecule has 0 amide bonds. The van der Waals surface area contributed by atoms with E-state index in [-0.39, 0.29) is 17.1 Å². The maximum absolute atomic E-state index is 9.99. The number of fused-ring (bicyclic) bond motifs is 1. The molecule has 4 nitrogen and oxygen atoms in total. The van der Waals surface area contributed by atoms with Gasteiger partial charge >= 0.3 is 0 Å². The van der Waals surface area contributed by atoms with Crippen LogP contribution in [0.5, 0.6) is 11.5 Å². The molecule has 0 aromatic heterocycles. The molecule has 90 valence electrons. The normalized spacial score (nSPS) is 12.8. The van der Waals surface area contributed by atoms with E-state index >= 15 is 0 Å². The molecular weight excluding hydrogens is 288 g/mol. The van der Waals surface area contributed by atoms with Crippen LogP contribution in [0.3, 0.4) is 0 Å². The predicted octanol–water partition coefficient (Wildman–Crippen LogP) is 3.15. The van der Waals surface area contributed by atoms with E-state index in [9.17, 15) is 10.2 Å². The van der Waals surface area contributed by atoms with E-state index in [1.54, 1.807) is 19.1 Å². The van der Waals surface area contributed by atoms with Crippen molar-refractivity contribution in [1.82, 2.24) is 0 Å². The fraction of sp³-hybridized carbons (Fsp3) is 0.0909. The van der Waals surface area contributed by atoms with Crippen LogP contribution < -0.4 is 0 Å². The van der Waals surface area contributed by atoms with Crippen LogP contribution in [0.2, 0.25) is 0 Å². The molecule has 2 rings (SSSR count). The van der Waals surface area contributed by atoms with Crippen molar-refractivity contribution < 1.29 is 10.2 Å². The summed E-state index contributed by atoms with van der Waals surface area (Å²) in [6, 6.07) is 3.58. The van der Waals surface area contributed by atoms with E-state index in [2.05, 4.69) is 12.6 Å². The molecule has 2 N–H and O–H groups in total. The van der Waals surface area contributed by atoms with Crippen molar-refractivity contribution in [3.05, 3.63) is 15.4 Å². The van der Waals surface area contributed by atoms with E-state index < -0.39 is 0 Å². The highest BCUT2D eigenvalue weighted by molar-refractivity contribution is 8.24. The Morgan fingerprint density at radius 2 is 1.61 bits per heavy atom. The Labute approximate surface area is 117 Å². The second-order valence-corrected chi connectivity index (χ2v) is 6.17. The SMILES string of the molecule is Cc1c(O)c2c(c(O)c1S)SC(=C(C#N)C#N)S2. The van der Waals surface area contributed by atoms with Crippen LogP contribution in [0.25, 0.3) is 0 Å². The molecule has 0 atom stereocenters.